The fraction of sp³-hybridized carbons (Fsp3) is 0.294. The molecule has 0 bridgehead atoms. The van der Waals surface area contributed by atoms with Crippen LogP contribution in [0.3, 0.4) is 0 Å². The number of fused-ring (bicyclic) bond motifs is 6. The maximum Gasteiger partial charge on any atom is -0.0149 e. The molecule has 0 saturated carbocycles. The Labute approximate surface area is 313 Å². The summed E-state index contributed by atoms with van der Waals surface area (Å²) in [4.78, 5) is 0. The first kappa shape index (κ1) is 44.3. The van der Waals surface area contributed by atoms with Crippen LogP contribution in [-0.4, -0.2) is 0 Å². The van der Waals surface area contributed by atoms with Gasteiger partial charge in [0.05, 0.1) is 0 Å². The molecule has 0 heteroatoms. The van der Waals surface area contributed by atoms with E-state index in [4.69, 9.17) is 0 Å². The van der Waals surface area contributed by atoms with Crippen LogP contribution in [0.5, 0.6) is 0 Å². The molecule has 0 aromatic heterocycles. The van der Waals surface area contributed by atoms with Crippen LogP contribution >= 0.6 is 0 Å². The number of aryl methyl sites for hydroxylation is 6. The summed E-state index contributed by atoms with van der Waals surface area (Å²) in [6, 6.07) is 45.0. The molecule has 0 radical (unpaired) electrons. The van der Waals surface area contributed by atoms with Crippen molar-refractivity contribution in [3.63, 3.8) is 0 Å². The predicted molar refractivity (Wildman–Crippen MR) is 234 cm³/mol. The molecule has 0 atom stereocenters. The van der Waals surface area contributed by atoms with Crippen LogP contribution in [-0.2, 0) is 38.5 Å². The minimum absolute atomic E-state index is 1.17. The van der Waals surface area contributed by atoms with Gasteiger partial charge in [0.15, 0.2) is 0 Å². The van der Waals surface area contributed by atoms with Crippen molar-refractivity contribution in [1.29, 1.82) is 0 Å². The molecule has 0 N–H and O–H groups in total. The van der Waals surface area contributed by atoms with Crippen molar-refractivity contribution in [2.45, 2.75) is 101 Å². The third-order valence-electron chi connectivity index (χ3n) is 8.33. The van der Waals surface area contributed by atoms with Crippen LogP contribution in [0.1, 0.15) is 101 Å². The van der Waals surface area contributed by atoms with Gasteiger partial charge in [0.2, 0.25) is 0 Å². The smallest absolute Gasteiger partial charge is 0.0149 e. The molecule has 0 fully saturated rings. The van der Waals surface area contributed by atoms with E-state index in [-0.39, 0.29) is 0 Å². The Morgan fingerprint density at radius 3 is 1.16 bits per heavy atom. The lowest BCUT2D eigenvalue weighted by molar-refractivity contribution is 0.839. The van der Waals surface area contributed by atoms with Crippen molar-refractivity contribution >= 4 is 27.6 Å². The Morgan fingerprint density at radius 1 is 0.392 bits per heavy atom. The summed E-state index contributed by atoms with van der Waals surface area (Å²) in [6.45, 7) is 24.9. The van der Waals surface area contributed by atoms with Crippen LogP contribution in [0.15, 0.2) is 147 Å². The summed E-state index contributed by atoms with van der Waals surface area (Å²) in [5.74, 6) is 0. The van der Waals surface area contributed by atoms with E-state index in [1.165, 1.54) is 65.6 Å². The van der Waals surface area contributed by atoms with Crippen LogP contribution in [0, 0.1) is 0 Å². The first-order chi connectivity index (χ1) is 25.2. The normalized spacial score (nSPS) is 10.9. The summed E-state index contributed by atoms with van der Waals surface area (Å²) in [7, 11) is 0. The lowest BCUT2D eigenvalue weighted by atomic mass is 9.84. The maximum absolute atomic E-state index is 3.63. The molecule has 3 aliphatic carbocycles. The standard InChI is InChI=1S/2C12H10.2C8H8.C3H6.4C2H6/c1-2-4-10-8-12-6-5-11(12)7-9(10)3-1;1-2-4-11-9(3-1)5-6-10-7-8-12(10)11;1-2-4-8-6-5-7(8)3-1;1-2-8-6-4-3-5-7-8;1-3-2;4*1-2/h1-4,7-8H,5-6H2;1-6H,7-8H2;1-4H,5-6H2;2-7H,1H2;3H,1H2,2H3;4*1-2H3. The van der Waals surface area contributed by atoms with E-state index in [9.17, 15) is 0 Å². The molecule has 6 aromatic rings. The van der Waals surface area contributed by atoms with Gasteiger partial charge >= 0.3 is 0 Å². The molecule has 0 nitrogen and oxygen atoms in total. The molecule has 9 rings (SSSR count). The van der Waals surface area contributed by atoms with Crippen molar-refractivity contribution in [2.75, 3.05) is 0 Å². The second kappa shape index (κ2) is 27.1. The van der Waals surface area contributed by atoms with Gasteiger partial charge in [-0.15, -0.1) is 6.58 Å². The summed E-state index contributed by atoms with van der Waals surface area (Å²) in [5, 5.41) is 5.61. The van der Waals surface area contributed by atoms with Gasteiger partial charge in [-0.25, -0.2) is 0 Å². The molecule has 0 spiro atoms. The number of hydrogen-bond acceptors (Lipinski definition) is 0. The molecular formula is C51H66. The zero-order valence-electron chi connectivity index (χ0n) is 33.4. The molecule has 0 amide bonds. The average molecular weight is 679 g/mol. The zero-order chi connectivity index (χ0) is 37.9. The number of hydrogen-bond donors (Lipinski definition) is 0. The van der Waals surface area contributed by atoms with Crippen molar-refractivity contribution in [3.05, 3.63) is 186 Å². The van der Waals surface area contributed by atoms with Crippen molar-refractivity contribution < 1.29 is 0 Å². The van der Waals surface area contributed by atoms with Crippen LogP contribution < -0.4 is 0 Å². The zero-order valence-corrected chi connectivity index (χ0v) is 33.4. The second-order valence-corrected chi connectivity index (χ2v) is 11.2. The Morgan fingerprint density at radius 2 is 0.784 bits per heavy atom. The fourth-order valence-corrected chi connectivity index (χ4v) is 5.61. The second-order valence-electron chi connectivity index (χ2n) is 11.2. The summed E-state index contributed by atoms with van der Waals surface area (Å²) in [6.07, 6.45) is 11.3. The Bertz CT molecular complexity index is 1730. The highest BCUT2D eigenvalue weighted by Crippen LogP contribution is 2.30. The molecule has 6 aromatic carbocycles. The lowest BCUT2D eigenvalue weighted by Gasteiger charge is -2.20. The predicted octanol–water partition coefficient (Wildman–Crippen LogP) is 15.3. The SMILES string of the molecule is C=CC.C=Cc1ccccc1.CC.CC.CC.CC.c1ccc2c(c1)CC2.c1ccc2c3c(ccc2c1)CC3.c1ccc2cc3c(cc2c1)CC3. The minimum Gasteiger partial charge on any atom is -0.103 e. The van der Waals surface area contributed by atoms with E-state index >= 15 is 0 Å². The van der Waals surface area contributed by atoms with Gasteiger partial charge in [0.1, 0.15) is 0 Å². The van der Waals surface area contributed by atoms with E-state index in [0.717, 1.165) is 0 Å². The Balaban J connectivity index is 0.000000315. The number of allylic oxidation sites excluding steroid dienone is 1. The summed E-state index contributed by atoms with van der Waals surface area (Å²) >= 11 is 0. The minimum atomic E-state index is 1.17. The third kappa shape index (κ3) is 13.9. The number of benzene rings is 6. The van der Waals surface area contributed by atoms with Gasteiger partial charge in [-0.2, -0.15) is 0 Å². The van der Waals surface area contributed by atoms with Gasteiger partial charge in [-0.1, -0.05) is 202 Å². The first-order valence-electron chi connectivity index (χ1n) is 19.5. The quantitative estimate of drug-likeness (QED) is 0.152. The van der Waals surface area contributed by atoms with Crippen LogP contribution in [0.25, 0.3) is 27.6 Å². The Kier molecular flexibility index (Phi) is 23.6. The lowest BCUT2D eigenvalue weighted by Crippen LogP contribution is -2.07. The van der Waals surface area contributed by atoms with Gasteiger partial charge in [-0.05, 0) is 106 Å². The maximum atomic E-state index is 3.63. The van der Waals surface area contributed by atoms with E-state index in [2.05, 4.69) is 110 Å². The molecule has 0 heterocycles. The molecular weight excluding hydrogens is 613 g/mol. The molecule has 270 valence electrons. The Hall–Kier alpha value is -4.68. The van der Waals surface area contributed by atoms with E-state index in [1.807, 2.05) is 98.7 Å². The van der Waals surface area contributed by atoms with Crippen molar-refractivity contribution in [3.8, 4) is 0 Å². The molecule has 3 aliphatic rings. The van der Waals surface area contributed by atoms with Crippen molar-refractivity contribution in [2.24, 2.45) is 0 Å². The molecule has 0 unspecified atom stereocenters. The topological polar surface area (TPSA) is 0 Å². The van der Waals surface area contributed by atoms with Gasteiger partial charge in [0, 0.05) is 0 Å². The van der Waals surface area contributed by atoms with E-state index in [0.29, 0.717) is 0 Å². The van der Waals surface area contributed by atoms with Gasteiger partial charge < -0.3 is 0 Å². The molecule has 0 aliphatic heterocycles. The molecule has 51 heavy (non-hydrogen) atoms. The highest BCUT2D eigenvalue weighted by molar-refractivity contribution is 5.88. The molecule has 0 saturated heterocycles. The largest absolute Gasteiger partial charge is 0.103 e. The third-order valence-corrected chi connectivity index (χ3v) is 8.33. The van der Waals surface area contributed by atoms with Crippen molar-refractivity contribution in [1.82, 2.24) is 0 Å². The van der Waals surface area contributed by atoms with Gasteiger partial charge in [-0.3, -0.25) is 0 Å². The summed E-state index contributed by atoms with van der Waals surface area (Å²) in [5.41, 5.74) is 10.5. The monoisotopic (exact) mass is 679 g/mol. The number of rotatable bonds is 1. The first-order valence-corrected chi connectivity index (χ1v) is 19.5. The highest BCUT2D eigenvalue weighted by Gasteiger charge is 2.15. The highest BCUT2D eigenvalue weighted by atomic mass is 14.2. The average Bonchev–Trinajstić information content (AvgIpc) is 3.18. The summed E-state index contributed by atoms with van der Waals surface area (Å²) < 4.78 is 0. The van der Waals surface area contributed by atoms with Crippen LogP contribution in [0.2, 0.25) is 0 Å². The van der Waals surface area contributed by atoms with Crippen LogP contribution in [0.4, 0.5) is 0 Å². The fourth-order valence-electron chi connectivity index (χ4n) is 5.61. The van der Waals surface area contributed by atoms with E-state index < -0.39 is 0 Å². The van der Waals surface area contributed by atoms with E-state index in [1.54, 1.807) is 39.5 Å². The van der Waals surface area contributed by atoms with Gasteiger partial charge in [0.25, 0.3) is 0 Å².